The molecule has 116 valence electrons. The summed E-state index contributed by atoms with van der Waals surface area (Å²) < 4.78 is 1.92. The summed E-state index contributed by atoms with van der Waals surface area (Å²) in [5, 5.41) is 7.79. The molecule has 1 amide bonds. The van der Waals surface area contributed by atoms with E-state index in [-0.39, 0.29) is 17.4 Å². The highest BCUT2D eigenvalue weighted by atomic mass is 16.1. The van der Waals surface area contributed by atoms with Gasteiger partial charge in [-0.1, -0.05) is 36.8 Å². The third-order valence-corrected chi connectivity index (χ3v) is 4.18. The van der Waals surface area contributed by atoms with Gasteiger partial charge in [-0.2, -0.15) is 5.10 Å². The Kier molecular flexibility index (Phi) is 3.77. The Labute approximate surface area is 131 Å². The molecule has 0 unspecified atom stereocenters. The van der Waals surface area contributed by atoms with Gasteiger partial charge in [0.25, 0.3) is 0 Å². The molecule has 0 bridgehead atoms. The van der Waals surface area contributed by atoms with Crippen molar-refractivity contribution in [3.63, 3.8) is 0 Å². The van der Waals surface area contributed by atoms with Gasteiger partial charge in [-0.15, -0.1) is 0 Å². The lowest BCUT2D eigenvalue weighted by atomic mass is 9.85. The van der Waals surface area contributed by atoms with Crippen LogP contribution in [0.2, 0.25) is 0 Å². The average molecular weight is 297 g/mol. The average Bonchev–Trinajstić information content (AvgIpc) is 2.81. The van der Waals surface area contributed by atoms with Crippen LogP contribution in [0.5, 0.6) is 0 Å². The van der Waals surface area contributed by atoms with E-state index in [9.17, 15) is 4.79 Å². The van der Waals surface area contributed by atoms with Gasteiger partial charge in [0.2, 0.25) is 5.91 Å². The maximum Gasteiger partial charge on any atom is 0.227 e. The number of carbonyl (C=O) groups excluding carboxylic acids is 1. The first-order valence-corrected chi connectivity index (χ1v) is 7.91. The summed E-state index contributed by atoms with van der Waals surface area (Å²) in [5.74, 6) is 0.290. The zero-order valence-electron chi connectivity index (χ0n) is 13.5. The van der Waals surface area contributed by atoms with Crippen molar-refractivity contribution in [1.29, 1.82) is 0 Å². The van der Waals surface area contributed by atoms with Gasteiger partial charge in [0, 0.05) is 17.7 Å². The highest BCUT2D eigenvalue weighted by Crippen LogP contribution is 2.32. The largest absolute Gasteiger partial charge is 0.323 e. The Bertz CT molecular complexity index is 663. The number of nitrogens with zero attached hydrogens (tertiary/aromatic N) is 2. The van der Waals surface area contributed by atoms with Crippen LogP contribution in [0, 0.1) is 5.92 Å². The molecular weight excluding hydrogens is 274 g/mol. The SMILES string of the molecule is CC(C)(C)n1cc(NC(=O)C2CCC2)c(-c2ccccc2)n1. The van der Waals surface area contributed by atoms with Crippen LogP contribution >= 0.6 is 0 Å². The summed E-state index contributed by atoms with van der Waals surface area (Å²) in [7, 11) is 0. The molecule has 0 radical (unpaired) electrons. The third-order valence-electron chi connectivity index (χ3n) is 4.18. The van der Waals surface area contributed by atoms with Crippen LogP contribution in [0.25, 0.3) is 11.3 Å². The van der Waals surface area contributed by atoms with Crippen molar-refractivity contribution < 1.29 is 4.79 Å². The van der Waals surface area contributed by atoms with Crippen molar-refractivity contribution >= 4 is 11.6 Å². The number of rotatable bonds is 3. The molecule has 1 N–H and O–H groups in total. The number of aromatic nitrogens is 2. The summed E-state index contributed by atoms with van der Waals surface area (Å²) in [4.78, 5) is 12.3. The fourth-order valence-corrected chi connectivity index (χ4v) is 2.52. The number of anilines is 1. The standard InChI is InChI=1S/C18H23N3O/c1-18(2,3)21-12-15(19-17(22)14-10-7-11-14)16(20-21)13-8-5-4-6-9-13/h4-6,8-9,12,14H,7,10-11H2,1-3H3,(H,19,22). The predicted molar refractivity (Wildman–Crippen MR) is 88.6 cm³/mol. The van der Waals surface area contributed by atoms with Gasteiger partial charge >= 0.3 is 0 Å². The summed E-state index contributed by atoms with van der Waals surface area (Å²) in [5.41, 5.74) is 2.54. The van der Waals surface area contributed by atoms with Crippen LogP contribution in [0.1, 0.15) is 40.0 Å². The molecule has 2 aromatic rings. The molecular formula is C18H23N3O. The van der Waals surface area contributed by atoms with E-state index in [0.717, 1.165) is 36.2 Å². The van der Waals surface area contributed by atoms with E-state index in [2.05, 4.69) is 26.1 Å². The van der Waals surface area contributed by atoms with E-state index in [1.54, 1.807) is 0 Å². The van der Waals surface area contributed by atoms with E-state index in [1.165, 1.54) is 0 Å². The second-order valence-corrected chi connectivity index (χ2v) is 6.99. The lowest BCUT2D eigenvalue weighted by molar-refractivity contribution is -0.122. The number of hydrogen-bond acceptors (Lipinski definition) is 2. The van der Waals surface area contributed by atoms with Crippen LogP contribution in [0.3, 0.4) is 0 Å². The van der Waals surface area contributed by atoms with Crippen LogP contribution in [-0.4, -0.2) is 15.7 Å². The maximum atomic E-state index is 12.3. The zero-order valence-corrected chi connectivity index (χ0v) is 13.5. The van der Waals surface area contributed by atoms with Crippen molar-refractivity contribution in [2.75, 3.05) is 5.32 Å². The Balaban J connectivity index is 1.95. The van der Waals surface area contributed by atoms with E-state index >= 15 is 0 Å². The third kappa shape index (κ3) is 2.91. The number of benzene rings is 1. The minimum Gasteiger partial charge on any atom is -0.323 e. The molecule has 1 aromatic heterocycles. The van der Waals surface area contributed by atoms with Crippen molar-refractivity contribution in [1.82, 2.24) is 9.78 Å². The van der Waals surface area contributed by atoms with Gasteiger partial charge in [0.05, 0.1) is 11.2 Å². The van der Waals surface area contributed by atoms with Crippen LogP contribution < -0.4 is 5.32 Å². The Morgan fingerprint density at radius 1 is 1.23 bits per heavy atom. The molecule has 1 aromatic carbocycles. The molecule has 0 saturated heterocycles. The molecule has 22 heavy (non-hydrogen) atoms. The van der Waals surface area contributed by atoms with Gasteiger partial charge in [0.1, 0.15) is 5.69 Å². The fraction of sp³-hybridized carbons (Fsp3) is 0.444. The molecule has 4 heteroatoms. The van der Waals surface area contributed by atoms with Gasteiger partial charge in [-0.3, -0.25) is 9.48 Å². The van der Waals surface area contributed by atoms with Gasteiger partial charge in [-0.25, -0.2) is 0 Å². The monoisotopic (exact) mass is 297 g/mol. The normalized spacial score (nSPS) is 15.4. The van der Waals surface area contributed by atoms with Crippen LogP contribution in [0.4, 0.5) is 5.69 Å². The first-order valence-electron chi connectivity index (χ1n) is 7.91. The first-order chi connectivity index (χ1) is 10.4. The quantitative estimate of drug-likeness (QED) is 0.929. The molecule has 1 aliphatic carbocycles. The molecule has 0 atom stereocenters. The van der Waals surface area contributed by atoms with E-state index in [1.807, 2.05) is 41.2 Å². The molecule has 1 fully saturated rings. The molecule has 3 rings (SSSR count). The summed E-state index contributed by atoms with van der Waals surface area (Å²) in [6.07, 6.45) is 5.10. The van der Waals surface area contributed by atoms with Crippen molar-refractivity contribution in [2.45, 2.75) is 45.6 Å². The number of amides is 1. The lowest BCUT2D eigenvalue weighted by Gasteiger charge is -2.24. The van der Waals surface area contributed by atoms with Crippen molar-refractivity contribution in [3.05, 3.63) is 36.5 Å². The van der Waals surface area contributed by atoms with Crippen LogP contribution in [-0.2, 0) is 10.3 Å². The van der Waals surface area contributed by atoms with Crippen LogP contribution in [0.15, 0.2) is 36.5 Å². The van der Waals surface area contributed by atoms with Gasteiger partial charge in [-0.05, 0) is 33.6 Å². The first kappa shape index (κ1) is 14.8. The second kappa shape index (κ2) is 5.59. The number of carbonyl (C=O) groups is 1. The van der Waals surface area contributed by atoms with Gasteiger partial charge in [0.15, 0.2) is 0 Å². The molecule has 1 heterocycles. The topological polar surface area (TPSA) is 46.9 Å². The van der Waals surface area contributed by atoms with E-state index in [4.69, 9.17) is 5.10 Å². The summed E-state index contributed by atoms with van der Waals surface area (Å²) >= 11 is 0. The molecule has 1 aliphatic rings. The van der Waals surface area contributed by atoms with Crippen molar-refractivity contribution in [3.8, 4) is 11.3 Å². The molecule has 0 spiro atoms. The highest BCUT2D eigenvalue weighted by molar-refractivity contribution is 5.96. The highest BCUT2D eigenvalue weighted by Gasteiger charge is 2.27. The lowest BCUT2D eigenvalue weighted by Crippen LogP contribution is -2.28. The molecule has 1 saturated carbocycles. The fourth-order valence-electron chi connectivity index (χ4n) is 2.52. The summed E-state index contributed by atoms with van der Waals surface area (Å²) in [6.45, 7) is 6.31. The molecule has 0 aliphatic heterocycles. The smallest absolute Gasteiger partial charge is 0.227 e. The Morgan fingerprint density at radius 3 is 2.45 bits per heavy atom. The number of nitrogens with one attached hydrogen (secondary N) is 1. The zero-order chi connectivity index (χ0) is 15.7. The predicted octanol–water partition coefficient (Wildman–Crippen LogP) is 4.04. The number of hydrogen-bond donors (Lipinski definition) is 1. The minimum atomic E-state index is -0.122. The van der Waals surface area contributed by atoms with E-state index in [0.29, 0.717) is 0 Å². The van der Waals surface area contributed by atoms with Gasteiger partial charge < -0.3 is 5.32 Å². The Morgan fingerprint density at radius 2 is 1.91 bits per heavy atom. The maximum absolute atomic E-state index is 12.3. The Hall–Kier alpha value is -2.10. The van der Waals surface area contributed by atoms with E-state index < -0.39 is 0 Å². The second-order valence-electron chi connectivity index (χ2n) is 6.99. The van der Waals surface area contributed by atoms with Crippen molar-refractivity contribution in [2.24, 2.45) is 5.92 Å². The summed E-state index contributed by atoms with van der Waals surface area (Å²) in [6, 6.07) is 10.0. The minimum absolute atomic E-state index is 0.122. The molecule has 4 nitrogen and oxygen atoms in total.